The predicted octanol–water partition coefficient (Wildman–Crippen LogP) is 1.45. The Labute approximate surface area is 111 Å². The van der Waals surface area contributed by atoms with Crippen LogP contribution in [0, 0.1) is 0 Å². The van der Waals surface area contributed by atoms with Crippen LogP contribution in [-0.4, -0.2) is 54.2 Å². The van der Waals surface area contributed by atoms with E-state index >= 15 is 0 Å². The van der Waals surface area contributed by atoms with Crippen molar-refractivity contribution in [1.29, 1.82) is 0 Å². The van der Waals surface area contributed by atoms with Crippen LogP contribution in [-0.2, 0) is 4.74 Å². The molecule has 100 valence electrons. The summed E-state index contributed by atoms with van der Waals surface area (Å²) in [6.07, 6.45) is -0.260. The lowest BCUT2D eigenvalue weighted by molar-refractivity contribution is 0.121. The second-order valence-corrected chi connectivity index (χ2v) is 4.52. The van der Waals surface area contributed by atoms with Crippen LogP contribution in [0.3, 0.4) is 0 Å². The summed E-state index contributed by atoms with van der Waals surface area (Å²) in [4.78, 5) is 23.1. The molecule has 2 heterocycles. The minimum absolute atomic E-state index is 0.260. The van der Waals surface area contributed by atoms with Crippen molar-refractivity contribution in [2.45, 2.75) is 0 Å². The maximum atomic E-state index is 11.4. The van der Waals surface area contributed by atoms with Gasteiger partial charge < -0.3 is 19.5 Å². The smallest absolute Gasteiger partial charge is 0.409 e. The van der Waals surface area contributed by atoms with Crippen LogP contribution in [0.1, 0.15) is 0 Å². The van der Waals surface area contributed by atoms with Crippen molar-refractivity contribution < 1.29 is 9.53 Å². The Morgan fingerprint density at radius 1 is 1.26 bits per heavy atom. The van der Waals surface area contributed by atoms with Gasteiger partial charge in [0, 0.05) is 26.2 Å². The number of H-pyrrole nitrogens is 1. The molecule has 1 aromatic heterocycles. The highest BCUT2D eigenvalue weighted by Gasteiger charge is 2.23. The summed E-state index contributed by atoms with van der Waals surface area (Å²) in [5.41, 5.74) is 2.00. The fourth-order valence-electron chi connectivity index (χ4n) is 2.32. The zero-order valence-electron chi connectivity index (χ0n) is 10.8. The Morgan fingerprint density at radius 2 is 2.00 bits per heavy atom. The lowest BCUT2D eigenvalue weighted by atomic mass is 10.3. The van der Waals surface area contributed by atoms with Crippen LogP contribution in [0.4, 0.5) is 10.7 Å². The third-order valence-corrected chi connectivity index (χ3v) is 3.39. The zero-order valence-corrected chi connectivity index (χ0v) is 10.8. The normalized spacial score (nSPS) is 15.8. The number of ether oxygens (including phenoxy) is 1. The SMILES string of the molecule is COC(=O)N1CCN(c2nc3ccccc3[nH]2)CC1. The molecule has 0 bridgehead atoms. The summed E-state index contributed by atoms with van der Waals surface area (Å²) in [6, 6.07) is 7.96. The first-order valence-corrected chi connectivity index (χ1v) is 6.30. The molecule has 0 aliphatic carbocycles. The van der Waals surface area contributed by atoms with Crippen molar-refractivity contribution in [1.82, 2.24) is 14.9 Å². The monoisotopic (exact) mass is 260 g/mol. The second kappa shape index (κ2) is 4.79. The van der Waals surface area contributed by atoms with Gasteiger partial charge in [0.05, 0.1) is 18.1 Å². The lowest BCUT2D eigenvalue weighted by Gasteiger charge is -2.33. The molecule has 19 heavy (non-hydrogen) atoms. The van der Waals surface area contributed by atoms with Gasteiger partial charge in [0.1, 0.15) is 0 Å². The molecule has 1 aliphatic rings. The maximum absolute atomic E-state index is 11.4. The molecule has 0 radical (unpaired) electrons. The van der Waals surface area contributed by atoms with E-state index in [0.29, 0.717) is 13.1 Å². The predicted molar refractivity (Wildman–Crippen MR) is 72.3 cm³/mol. The molecular formula is C13H16N4O2. The van der Waals surface area contributed by atoms with E-state index in [2.05, 4.69) is 14.9 Å². The standard InChI is InChI=1S/C13H16N4O2/c1-19-13(18)17-8-6-16(7-9-17)12-14-10-4-2-3-5-11(10)15-12/h2-5H,6-9H2,1H3,(H,14,15). The van der Waals surface area contributed by atoms with E-state index < -0.39 is 0 Å². The van der Waals surface area contributed by atoms with Crippen molar-refractivity contribution >= 4 is 23.1 Å². The van der Waals surface area contributed by atoms with Gasteiger partial charge in [-0.3, -0.25) is 0 Å². The van der Waals surface area contributed by atoms with Crippen LogP contribution >= 0.6 is 0 Å². The Bertz CT molecular complexity index is 554. The number of hydrogen-bond acceptors (Lipinski definition) is 4. The molecule has 1 amide bonds. The first kappa shape index (κ1) is 11.8. The van der Waals surface area contributed by atoms with Gasteiger partial charge in [0.2, 0.25) is 5.95 Å². The van der Waals surface area contributed by atoms with Gasteiger partial charge in [-0.25, -0.2) is 9.78 Å². The van der Waals surface area contributed by atoms with E-state index in [0.717, 1.165) is 30.1 Å². The van der Waals surface area contributed by atoms with Gasteiger partial charge in [0.15, 0.2) is 0 Å². The minimum atomic E-state index is -0.260. The summed E-state index contributed by atoms with van der Waals surface area (Å²) in [6.45, 7) is 2.83. The number of hydrogen-bond donors (Lipinski definition) is 1. The average Bonchev–Trinajstić information content (AvgIpc) is 2.90. The Kier molecular flexibility index (Phi) is 2.98. The summed E-state index contributed by atoms with van der Waals surface area (Å²) in [7, 11) is 1.41. The molecule has 3 rings (SSSR count). The number of nitrogens with one attached hydrogen (secondary N) is 1. The summed E-state index contributed by atoms with van der Waals surface area (Å²) >= 11 is 0. The lowest BCUT2D eigenvalue weighted by Crippen LogP contribution is -2.49. The van der Waals surface area contributed by atoms with Gasteiger partial charge in [-0.05, 0) is 12.1 Å². The highest BCUT2D eigenvalue weighted by Crippen LogP contribution is 2.18. The van der Waals surface area contributed by atoms with Gasteiger partial charge >= 0.3 is 6.09 Å². The van der Waals surface area contributed by atoms with Crippen LogP contribution in [0.25, 0.3) is 11.0 Å². The molecule has 0 unspecified atom stereocenters. The number of aromatic amines is 1. The van der Waals surface area contributed by atoms with E-state index in [1.807, 2.05) is 24.3 Å². The number of carbonyl (C=O) groups excluding carboxylic acids is 1. The number of carbonyl (C=O) groups is 1. The highest BCUT2D eigenvalue weighted by molar-refractivity contribution is 5.77. The Morgan fingerprint density at radius 3 is 2.68 bits per heavy atom. The number of nitrogens with zero attached hydrogens (tertiary/aromatic N) is 3. The molecule has 1 aromatic carbocycles. The number of rotatable bonds is 1. The second-order valence-electron chi connectivity index (χ2n) is 4.52. The molecule has 1 N–H and O–H groups in total. The minimum Gasteiger partial charge on any atom is -0.453 e. The number of imidazole rings is 1. The summed E-state index contributed by atoms with van der Waals surface area (Å²) in [5.74, 6) is 0.866. The number of piperazine rings is 1. The van der Waals surface area contributed by atoms with Crippen LogP contribution < -0.4 is 4.90 Å². The van der Waals surface area contributed by atoms with Crippen LogP contribution in [0.5, 0.6) is 0 Å². The van der Waals surface area contributed by atoms with Crippen LogP contribution in [0.2, 0.25) is 0 Å². The van der Waals surface area contributed by atoms with E-state index in [9.17, 15) is 4.79 Å². The van der Waals surface area contributed by atoms with Crippen molar-refractivity contribution in [2.75, 3.05) is 38.2 Å². The average molecular weight is 260 g/mol. The van der Waals surface area contributed by atoms with Gasteiger partial charge in [0.25, 0.3) is 0 Å². The topological polar surface area (TPSA) is 61.5 Å². The number of aromatic nitrogens is 2. The first-order valence-electron chi connectivity index (χ1n) is 6.30. The van der Waals surface area contributed by atoms with Crippen LogP contribution in [0.15, 0.2) is 24.3 Å². The largest absolute Gasteiger partial charge is 0.453 e. The van der Waals surface area contributed by atoms with E-state index in [4.69, 9.17) is 4.74 Å². The van der Waals surface area contributed by atoms with E-state index in [1.165, 1.54) is 7.11 Å². The molecule has 1 saturated heterocycles. The van der Waals surface area contributed by atoms with Gasteiger partial charge in [-0.1, -0.05) is 12.1 Å². The van der Waals surface area contributed by atoms with Gasteiger partial charge in [-0.2, -0.15) is 0 Å². The summed E-state index contributed by atoms with van der Waals surface area (Å²) < 4.78 is 4.72. The highest BCUT2D eigenvalue weighted by atomic mass is 16.5. The quantitative estimate of drug-likeness (QED) is 0.843. The van der Waals surface area contributed by atoms with Gasteiger partial charge in [-0.15, -0.1) is 0 Å². The molecule has 0 saturated carbocycles. The Balaban J connectivity index is 1.72. The molecule has 6 heteroatoms. The van der Waals surface area contributed by atoms with Crippen molar-refractivity contribution in [3.05, 3.63) is 24.3 Å². The molecule has 1 aliphatic heterocycles. The number of methoxy groups -OCH3 is 1. The number of anilines is 1. The molecule has 6 nitrogen and oxygen atoms in total. The first-order chi connectivity index (χ1) is 9.28. The fourth-order valence-corrected chi connectivity index (χ4v) is 2.32. The molecule has 1 fully saturated rings. The maximum Gasteiger partial charge on any atom is 0.409 e. The van der Waals surface area contributed by atoms with E-state index in [1.54, 1.807) is 4.90 Å². The number of benzene rings is 1. The van der Waals surface area contributed by atoms with Crippen molar-refractivity contribution in [3.8, 4) is 0 Å². The summed E-state index contributed by atoms with van der Waals surface area (Å²) in [5, 5.41) is 0. The number of para-hydroxylation sites is 2. The number of amides is 1. The fraction of sp³-hybridized carbons (Fsp3) is 0.385. The molecule has 2 aromatic rings. The molecule has 0 atom stereocenters. The molecular weight excluding hydrogens is 244 g/mol. The van der Waals surface area contributed by atoms with Crippen molar-refractivity contribution in [2.24, 2.45) is 0 Å². The molecule has 0 spiro atoms. The van der Waals surface area contributed by atoms with Crippen molar-refractivity contribution in [3.63, 3.8) is 0 Å². The number of fused-ring (bicyclic) bond motifs is 1. The third kappa shape index (κ3) is 2.21. The Hall–Kier alpha value is -2.24. The van der Waals surface area contributed by atoms with E-state index in [-0.39, 0.29) is 6.09 Å². The third-order valence-electron chi connectivity index (χ3n) is 3.39. The zero-order chi connectivity index (χ0) is 13.2.